The van der Waals surface area contributed by atoms with Gasteiger partial charge in [0.15, 0.2) is 11.4 Å². The molecule has 1 heterocycles. The number of ether oxygens (including phenoxy) is 1. The molecule has 0 saturated heterocycles. The Balaban J connectivity index is 3.43. The fourth-order valence-electron chi connectivity index (χ4n) is 1.07. The van der Waals surface area contributed by atoms with Gasteiger partial charge in [0.25, 0.3) is 0 Å². The van der Waals surface area contributed by atoms with Gasteiger partial charge in [-0.1, -0.05) is 15.9 Å². The van der Waals surface area contributed by atoms with Gasteiger partial charge >= 0.3 is 12.5 Å². The third kappa shape index (κ3) is 4.14. The van der Waals surface area contributed by atoms with Gasteiger partial charge < -0.3 is 4.74 Å². The first-order valence-corrected chi connectivity index (χ1v) is 6.33. The Bertz CT molecular complexity index is 446. The standard InChI is InChI=1S/C8H3BrF6INO/c9-2-3-1-4(16)17-6(7(10,11)12)5(3)18-8(13,14)15/h1H,2H2. The second-order valence-electron chi connectivity index (χ2n) is 2.96. The van der Waals surface area contributed by atoms with Crippen molar-refractivity contribution < 1.29 is 31.1 Å². The Hall–Kier alpha value is -0.260. The maximum absolute atomic E-state index is 12.6. The van der Waals surface area contributed by atoms with E-state index in [4.69, 9.17) is 0 Å². The quantitative estimate of drug-likeness (QED) is 0.287. The smallest absolute Gasteiger partial charge is 0.403 e. The van der Waals surface area contributed by atoms with Gasteiger partial charge in [0.2, 0.25) is 0 Å². The predicted molar refractivity (Wildman–Crippen MR) is 61.3 cm³/mol. The van der Waals surface area contributed by atoms with Crippen LogP contribution in [-0.2, 0) is 11.5 Å². The molecule has 0 radical (unpaired) electrons. The summed E-state index contributed by atoms with van der Waals surface area (Å²) in [5.41, 5.74) is -1.97. The van der Waals surface area contributed by atoms with E-state index in [1.807, 2.05) is 0 Å². The molecule has 0 aromatic carbocycles. The average molecular weight is 450 g/mol. The Kier molecular flexibility index (Phi) is 4.73. The molecular formula is C8H3BrF6INO. The molecule has 0 bridgehead atoms. The summed E-state index contributed by atoms with van der Waals surface area (Å²) >= 11 is 4.28. The lowest BCUT2D eigenvalue weighted by Crippen LogP contribution is -2.22. The lowest BCUT2D eigenvalue weighted by molar-refractivity contribution is -0.276. The van der Waals surface area contributed by atoms with Crippen molar-refractivity contribution in [2.75, 3.05) is 0 Å². The highest BCUT2D eigenvalue weighted by atomic mass is 127. The Morgan fingerprint density at radius 3 is 2.17 bits per heavy atom. The summed E-state index contributed by atoms with van der Waals surface area (Å²) in [4.78, 5) is 3.05. The minimum Gasteiger partial charge on any atom is -0.403 e. The van der Waals surface area contributed by atoms with Crippen molar-refractivity contribution in [2.45, 2.75) is 17.9 Å². The molecular weight excluding hydrogens is 447 g/mol. The Morgan fingerprint density at radius 1 is 1.22 bits per heavy atom. The van der Waals surface area contributed by atoms with Crippen LogP contribution in [0.25, 0.3) is 0 Å². The van der Waals surface area contributed by atoms with E-state index in [9.17, 15) is 26.3 Å². The lowest BCUT2D eigenvalue weighted by atomic mass is 10.2. The van der Waals surface area contributed by atoms with Gasteiger partial charge in [-0.05, 0) is 28.7 Å². The maximum Gasteiger partial charge on any atom is 0.573 e. The fourth-order valence-corrected chi connectivity index (χ4v) is 2.11. The lowest BCUT2D eigenvalue weighted by Gasteiger charge is -2.17. The summed E-state index contributed by atoms with van der Waals surface area (Å²) in [6, 6.07) is 1.08. The fraction of sp³-hybridized carbons (Fsp3) is 0.375. The highest BCUT2D eigenvalue weighted by Gasteiger charge is 2.42. The second-order valence-corrected chi connectivity index (χ2v) is 4.63. The van der Waals surface area contributed by atoms with Crippen molar-refractivity contribution in [2.24, 2.45) is 0 Å². The van der Waals surface area contributed by atoms with Crippen molar-refractivity contribution >= 4 is 38.5 Å². The largest absolute Gasteiger partial charge is 0.573 e. The highest BCUT2D eigenvalue weighted by Crippen LogP contribution is 2.40. The van der Waals surface area contributed by atoms with E-state index < -0.39 is 24.0 Å². The van der Waals surface area contributed by atoms with Gasteiger partial charge in [0.05, 0.1) is 0 Å². The van der Waals surface area contributed by atoms with E-state index >= 15 is 0 Å². The summed E-state index contributed by atoms with van der Waals surface area (Å²) in [6.45, 7) is 0. The van der Waals surface area contributed by atoms with Crippen LogP contribution in [0, 0.1) is 3.70 Å². The van der Waals surface area contributed by atoms with Crippen LogP contribution in [0.3, 0.4) is 0 Å². The van der Waals surface area contributed by atoms with Gasteiger partial charge in [-0.2, -0.15) is 13.2 Å². The molecule has 0 spiro atoms. The first kappa shape index (κ1) is 15.8. The van der Waals surface area contributed by atoms with Crippen molar-refractivity contribution in [3.05, 3.63) is 21.0 Å². The summed E-state index contributed by atoms with van der Waals surface area (Å²) in [7, 11) is 0. The summed E-state index contributed by atoms with van der Waals surface area (Å²) in [6.07, 6.45) is -10.2. The van der Waals surface area contributed by atoms with Crippen LogP contribution < -0.4 is 4.74 Å². The van der Waals surface area contributed by atoms with Crippen molar-refractivity contribution in [3.63, 3.8) is 0 Å². The van der Waals surface area contributed by atoms with Crippen LogP contribution in [0.2, 0.25) is 0 Å². The van der Waals surface area contributed by atoms with Crippen molar-refractivity contribution in [1.82, 2.24) is 4.98 Å². The normalized spacial score (nSPS) is 12.7. The van der Waals surface area contributed by atoms with Crippen LogP contribution in [-0.4, -0.2) is 11.3 Å². The molecule has 0 saturated carbocycles. The average Bonchev–Trinajstić information content (AvgIpc) is 2.16. The number of pyridine rings is 1. The van der Waals surface area contributed by atoms with Gasteiger partial charge in [0.1, 0.15) is 3.70 Å². The number of halogens is 8. The van der Waals surface area contributed by atoms with E-state index in [-0.39, 0.29) is 14.6 Å². The number of hydrogen-bond acceptors (Lipinski definition) is 2. The van der Waals surface area contributed by atoms with Crippen LogP contribution >= 0.6 is 38.5 Å². The van der Waals surface area contributed by atoms with Crippen molar-refractivity contribution in [3.8, 4) is 5.75 Å². The van der Waals surface area contributed by atoms with E-state index in [2.05, 4.69) is 25.7 Å². The van der Waals surface area contributed by atoms with Crippen molar-refractivity contribution in [1.29, 1.82) is 0 Å². The monoisotopic (exact) mass is 449 g/mol. The molecule has 0 unspecified atom stereocenters. The van der Waals surface area contributed by atoms with Crippen LogP contribution in [0.1, 0.15) is 11.3 Å². The van der Waals surface area contributed by atoms with Gasteiger partial charge in [0, 0.05) is 10.9 Å². The Labute approximate surface area is 119 Å². The summed E-state index contributed by atoms with van der Waals surface area (Å²) in [5.74, 6) is -1.33. The zero-order valence-corrected chi connectivity index (χ0v) is 11.9. The third-order valence-corrected chi connectivity index (χ3v) is 2.81. The third-order valence-electron chi connectivity index (χ3n) is 1.65. The van der Waals surface area contributed by atoms with E-state index in [1.165, 1.54) is 22.6 Å². The SMILES string of the molecule is FC(F)(F)Oc1c(CBr)cc(I)nc1C(F)(F)F. The molecule has 1 aromatic rings. The van der Waals surface area contributed by atoms with Gasteiger partial charge in [-0.25, -0.2) is 4.98 Å². The molecule has 0 aliphatic rings. The number of hydrogen-bond donors (Lipinski definition) is 0. The molecule has 10 heteroatoms. The topological polar surface area (TPSA) is 22.1 Å². The molecule has 2 nitrogen and oxygen atoms in total. The van der Waals surface area contributed by atoms with Gasteiger partial charge in [-0.15, -0.1) is 13.2 Å². The number of rotatable bonds is 2. The highest BCUT2D eigenvalue weighted by molar-refractivity contribution is 14.1. The summed E-state index contributed by atoms with van der Waals surface area (Å²) < 4.78 is 77.4. The molecule has 18 heavy (non-hydrogen) atoms. The molecule has 1 rings (SSSR count). The number of aromatic nitrogens is 1. The molecule has 1 aromatic heterocycles. The van der Waals surface area contributed by atoms with E-state index in [1.54, 1.807) is 0 Å². The van der Waals surface area contributed by atoms with E-state index in [0.717, 1.165) is 6.07 Å². The molecule has 0 aliphatic heterocycles. The number of alkyl halides is 7. The molecule has 0 atom stereocenters. The number of nitrogens with zero attached hydrogens (tertiary/aromatic N) is 1. The summed E-state index contributed by atoms with van der Waals surface area (Å²) in [5, 5.41) is -0.222. The molecule has 0 fully saturated rings. The predicted octanol–water partition coefficient (Wildman–Crippen LogP) is 4.50. The first-order valence-electron chi connectivity index (χ1n) is 4.13. The zero-order valence-electron chi connectivity index (χ0n) is 8.16. The van der Waals surface area contributed by atoms with Crippen LogP contribution in [0.4, 0.5) is 26.3 Å². The van der Waals surface area contributed by atoms with Gasteiger partial charge in [-0.3, -0.25) is 0 Å². The Morgan fingerprint density at radius 2 is 1.78 bits per heavy atom. The molecule has 0 amide bonds. The second kappa shape index (κ2) is 5.39. The minimum atomic E-state index is -5.22. The zero-order chi connectivity index (χ0) is 14.1. The van der Waals surface area contributed by atoms with Crippen LogP contribution in [0.5, 0.6) is 5.75 Å². The molecule has 102 valence electrons. The van der Waals surface area contributed by atoms with Crippen LogP contribution in [0.15, 0.2) is 6.07 Å². The molecule has 0 N–H and O–H groups in total. The molecule has 0 aliphatic carbocycles. The van der Waals surface area contributed by atoms with E-state index in [0.29, 0.717) is 0 Å². The first-order chi connectivity index (χ1) is 8.04. The maximum atomic E-state index is 12.6. The minimum absolute atomic E-state index is 0.0797.